The maximum absolute atomic E-state index is 12.9. The molecule has 2 aromatic rings. The SMILES string of the molecule is Cn1nnc2c(F)cc(F)cc21. The summed E-state index contributed by atoms with van der Waals surface area (Å²) in [5.74, 6) is -1.30. The second-order valence-corrected chi connectivity index (χ2v) is 2.47. The van der Waals surface area contributed by atoms with Crippen molar-refractivity contribution in [2.45, 2.75) is 0 Å². The van der Waals surface area contributed by atoms with Crippen molar-refractivity contribution in [3.8, 4) is 0 Å². The minimum atomic E-state index is -0.682. The Morgan fingerprint density at radius 2 is 2.08 bits per heavy atom. The molecule has 0 unspecified atom stereocenters. The Morgan fingerprint density at radius 3 is 2.83 bits per heavy atom. The molecule has 1 aromatic carbocycles. The van der Waals surface area contributed by atoms with E-state index in [-0.39, 0.29) is 5.52 Å². The summed E-state index contributed by atoms with van der Waals surface area (Å²) in [5.41, 5.74) is 0.450. The Bertz CT molecular complexity index is 435. The van der Waals surface area contributed by atoms with Crippen molar-refractivity contribution in [2.75, 3.05) is 0 Å². The van der Waals surface area contributed by atoms with Gasteiger partial charge in [0, 0.05) is 19.2 Å². The Hall–Kier alpha value is -1.52. The highest BCUT2D eigenvalue weighted by Crippen LogP contribution is 2.15. The van der Waals surface area contributed by atoms with Crippen molar-refractivity contribution >= 4 is 11.0 Å². The predicted octanol–water partition coefficient (Wildman–Crippen LogP) is 1.25. The number of fused-ring (bicyclic) bond motifs is 1. The number of aryl methyl sites for hydroxylation is 1. The number of halogens is 2. The fourth-order valence-electron chi connectivity index (χ4n) is 1.06. The molecule has 0 N–H and O–H groups in total. The molecule has 62 valence electrons. The van der Waals surface area contributed by atoms with Crippen LogP contribution in [0.1, 0.15) is 0 Å². The molecule has 1 heterocycles. The maximum Gasteiger partial charge on any atom is 0.155 e. The molecule has 0 aliphatic carbocycles. The third kappa shape index (κ3) is 0.861. The van der Waals surface area contributed by atoms with Crippen LogP contribution < -0.4 is 0 Å². The molecule has 0 bridgehead atoms. The Balaban J connectivity index is 2.92. The van der Waals surface area contributed by atoms with Crippen molar-refractivity contribution in [1.82, 2.24) is 15.0 Å². The standard InChI is InChI=1S/C7H5F2N3/c1-12-6-3-4(8)2-5(9)7(6)10-11-12/h2-3H,1H3. The summed E-state index contributed by atoms with van der Waals surface area (Å²) in [6.45, 7) is 0. The molecule has 0 aliphatic heterocycles. The number of nitrogens with zero attached hydrogens (tertiary/aromatic N) is 3. The number of hydrogen-bond donors (Lipinski definition) is 0. The van der Waals surface area contributed by atoms with Gasteiger partial charge in [-0.2, -0.15) is 0 Å². The van der Waals surface area contributed by atoms with Crippen LogP contribution in [0.25, 0.3) is 11.0 Å². The topological polar surface area (TPSA) is 30.7 Å². The first-order valence-electron chi connectivity index (χ1n) is 3.33. The minimum Gasteiger partial charge on any atom is -0.247 e. The van der Waals surface area contributed by atoms with Crippen LogP contribution in [0.5, 0.6) is 0 Å². The molecule has 12 heavy (non-hydrogen) atoms. The van der Waals surface area contributed by atoms with E-state index in [0.717, 1.165) is 6.07 Å². The molecule has 2 rings (SSSR count). The van der Waals surface area contributed by atoms with Crippen molar-refractivity contribution in [1.29, 1.82) is 0 Å². The van der Waals surface area contributed by atoms with E-state index in [2.05, 4.69) is 10.3 Å². The molecule has 3 nitrogen and oxygen atoms in total. The van der Waals surface area contributed by atoms with E-state index < -0.39 is 11.6 Å². The lowest BCUT2D eigenvalue weighted by molar-refractivity contribution is 0.590. The number of rotatable bonds is 0. The van der Waals surface area contributed by atoms with Crippen LogP contribution in [0.15, 0.2) is 12.1 Å². The normalized spacial score (nSPS) is 10.9. The zero-order valence-corrected chi connectivity index (χ0v) is 6.25. The Labute approximate surface area is 66.6 Å². The zero-order valence-electron chi connectivity index (χ0n) is 6.25. The lowest BCUT2D eigenvalue weighted by Crippen LogP contribution is -1.90. The third-order valence-electron chi connectivity index (χ3n) is 1.64. The van der Waals surface area contributed by atoms with Gasteiger partial charge >= 0.3 is 0 Å². The van der Waals surface area contributed by atoms with Gasteiger partial charge in [0.05, 0.1) is 5.52 Å². The van der Waals surface area contributed by atoms with Crippen molar-refractivity contribution in [3.05, 3.63) is 23.8 Å². The number of hydrogen-bond acceptors (Lipinski definition) is 2. The molecular weight excluding hydrogens is 164 g/mol. The molecule has 0 radical (unpaired) electrons. The first kappa shape index (κ1) is 7.15. The average molecular weight is 169 g/mol. The molecular formula is C7H5F2N3. The molecule has 5 heteroatoms. The van der Waals surface area contributed by atoms with Crippen LogP contribution in [-0.2, 0) is 7.05 Å². The lowest BCUT2D eigenvalue weighted by Gasteiger charge is -1.92. The van der Waals surface area contributed by atoms with Crippen LogP contribution in [0, 0.1) is 11.6 Å². The molecule has 0 aliphatic rings. The van der Waals surface area contributed by atoms with Gasteiger partial charge in [0.2, 0.25) is 0 Å². The van der Waals surface area contributed by atoms with E-state index in [1.807, 2.05) is 0 Å². The van der Waals surface area contributed by atoms with Gasteiger partial charge in [-0.1, -0.05) is 5.21 Å². The van der Waals surface area contributed by atoms with Gasteiger partial charge in [-0.25, -0.2) is 13.5 Å². The summed E-state index contributed by atoms with van der Waals surface area (Å²) < 4.78 is 26.9. The quantitative estimate of drug-likeness (QED) is 0.594. The van der Waals surface area contributed by atoms with Gasteiger partial charge in [0.25, 0.3) is 0 Å². The molecule has 1 aromatic heterocycles. The van der Waals surface area contributed by atoms with Gasteiger partial charge in [-0.15, -0.1) is 5.10 Å². The summed E-state index contributed by atoms with van der Waals surface area (Å²) >= 11 is 0. The van der Waals surface area contributed by atoms with E-state index >= 15 is 0 Å². The fourth-order valence-corrected chi connectivity index (χ4v) is 1.06. The van der Waals surface area contributed by atoms with Crippen LogP contribution in [-0.4, -0.2) is 15.0 Å². The van der Waals surface area contributed by atoms with Crippen LogP contribution in [0.2, 0.25) is 0 Å². The summed E-state index contributed by atoms with van der Waals surface area (Å²) in [6.07, 6.45) is 0. The van der Waals surface area contributed by atoms with E-state index in [1.54, 1.807) is 7.05 Å². The highest BCUT2D eigenvalue weighted by molar-refractivity contribution is 5.74. The van der Waals surface area contributed by atoms with E-state index in [0.29, 0.717) is 5.52 Å². The Kier molecular flexibility index (Phi) is 1.33. The fraction of sp³-hybridized carbons (Fsp3) is 0.143. The largest absolute Gasteiger partial charge is 0.247 e. The summed E-state index contributed by atoms with van der Waals surface area (Å²) in [7, 11) is 1.58. The average Bonchev–Trinajstić information content (AvgIpc) is 2.33. The monoisotopic (exact) mass is 169 g/mol. The maximum atomic E-state index is 12.9. The van der Waals surface area contributed by atoms with Crippen LogP contribution >= 0.6 is 0 Å². The van der Waals surface area contributed by atoms with E-state index in [1.165, 1.54) is 10.7 Å². The van der Waals surface area contributed by atoms with Crippen LogP contribution in [0.3, 0.4) is 0 Å². The van der Waals surface area contributed by atoms with Crippen molar-refractivity contribution in [3.63, 3.8) is 0 Å². The molecule has 0 amide bonds. The van der Waals surface area contributed by atoms with Crippen molar-refractivity contribution < 1.29 is 8.78 Å². The Morgan fingerprint density at radius 1 is 1.33 bits per heavy atom. The highest BCUT2D eigenvalue weighted by Gasteiger charge is 2.08. The highest BCUT2D eigenvalue weighted by atomic mass is 19.1. The van der Waals surface area contributed by atoms with Gasteiger partial charge in [0.15, 0.2) is 5.82 Å². The first-order valence-corrected chi connectivity index (χ1v) is 3.33. The first-order chi connectivity index (χ1) is 5.68. The van der Waals surface area contributed by atoms with Crippen LogP contribution in [0.4, 0.5) is 8.78 Å². The summed E-state index contributed by atoms with van der Waals surface area (Å²) in [5, 5.41) is 7.09. The lowest BCUT2D eigenvalue weighted by atomic mass is 10.3. The predicted molar refractivity (Wildman–Crippen MR) is 38.4 cm³/mol. The van der Waals surface area contributed by atoms with Gasteiger partial charge in [0.1, 0.15) is 11.3 Å². The number of benzene rings is 1. The van der Waals surface area contributed by atoms with Crippen molar-refractivity contribution in [2.24, 2.45) is 7.05 Å². The smallest absolute Gasteiger partial charge is 0.155 e. The molecule has 0 saturated heterocycles. The van der Waals surface area contributed by atoms with Gasteiger partial charge in [-0.05, 0) is 0 Å². The molecule has 0 saturated carbocycles. The summed E-state index contributed by atoms with van der Waals surface area (Å²) in [6, 6.07) is 1.98. The van der Waals surface area contributed by atoms with E-state index in [4.69, 9.17) is 0 Å². The zero-order chi connectivity index (χ0) is 8.72. The molecule has 0 fully saturated rings. The third-order valence-corrected chi connectivity index (χ3v) is 1.64. The summed E-state index contributed by atoms with van der Waals surface area (Å²) in [4.78, 5) is 0. The second kappa shape index (κ2) is 2.23. The minimum absolute atomic E-state index is 0.0962. The molecule has 0 spiro atoms. The molecule has 0 atom stereocenters. The number of aromatic nitrogens is 3. The van der Waals surface area contributed by atoms with E-state index in [9.17, 15) is 8.78 Å². The van der Waals surface area contributed by atoms with Gasteiger partial charge < -0.3 is 0 Å². The second-order valence-electron chi connectivity index (χ2n) is 2.47. The van der Waals surface area contributed by atoms with Gasteiger partial charge in [-0.3, -0.25) is 0 Å².